The van der Waals surface area contributed by atoms with Crippen molar-refractivity contribution in [1.82, 2.24) is 4.98 Å². The summed E-state index contributed by atoms with van der Waals surface area (Å²) in [6, 6.07) is 1.37. The average molecular weight is 317 g/mol. The Hall–Kier alpha value is -0.0700. The lowest BCUT2D eigenvalue weighted by Crippen LogP contribution is -1.96. The van der Waals surface area contributed by atoms with E-state index in [0.717, 1.165) is 0 Å². The molecule has 0 aliphatic rings. The fourth-order valence-electron chi connectivity index (χ4n) is 0.816. The van der Waals surface area contributed by atoms with Gasteiger partial charge in [0.15, 0.2) is 0 Å². The summed E-state index contributed by atoms with van der Waals surface area (Å²) in [4.78, 5) is 3.73. The van der Waals surface area contributed by atoms with Gasteiger partial charge in [-0.05, 0) is 22.0 Å². The predicted molar refractivity (Wildman–Crippen MR) is 50.5 cm³/mol. The third kappa shape index (κ3) is 2.45. The van der Waals surface area contributed by atoms with Gasteiger partial charge in [0.05, 0.1) is 17.9 Å². The molecule has 1 aromatic rings. The second-order valence-corrected chi connectivity index (χ2v) is 3.86. The van der Waals surface area contributed by atoms with Crippen LogP contribution in [0.4, 0.5) is 8.78 Å². The van der Waals surface area contributed by atoms with Crippen LogP contribution in [0.15, 0.2) is 15.1 Å². The molecule has 0 saturated carbocycles. The number of aliphatic hydroxyl groups is 1. The van der Waals surface area contributed by atoms with Crippen molar-refractivity contribution in [2.75, 3.05) is 0 Å². The Bertz CT molecular complexity index is 296. The number of alkyl halides is 2. The van der Waals surface area contributed by atoms with Gasteiger partial charge in [-0.15, -0.1) is 0 Å². The van der Waals surface area contributed by atoms with Gasteiger partial charge in [0.25, 0.3) is 6.43 Å². The minimum atomic E-state index is -2.59. The maximum Gasteiger partial charge on any atom is 0.267 e. The first-order valence-corrected chi connectivity index (χ1v) is 4.88. The van der Waals surface area contributed by atoms with Crippen LogP contribution in [0.3, 0.4) is 0 Å². The highest BCUT2D eigenvalue weighted by molar-refractivity contribution is 9.11. The van der Waals surface area contributed by atoms with Crippen molar-refractivity contribution in [3.05, 3.63) is 26.4 Å². The molecule has 0 radical (unpaired) electrons. The molecule has 2 nitrogen and oxygen atoms in total. The van der Waals surface area contributed by atoms with Crippen LogP contribution in [-0.4, -0.2) is 10.1 Å². The Morgan fingerprint density at radius 3 is 2.46 bits per heavy atom. The van der Waals surface area contributed by atoms with Crippen LogP contribution in [-0.2, 0) is 6.61 Å². The Morgan fingerprint density at radius 2 is 2.08 bits per heavy atom. The van der Waals surface area contributed by atoms with E-state index in [9.17, 15) is 8.78 Å². The lowest BCUT2D eigenvalue weighted by Gasteiger charge is -2.06. The Morgan fingerprint density at radius 1 is 1.46 bits per heavy atom. The summed E-state index contributed by atoms with van der Waals surface area (Å²) >= 11 is 5.89. The molecule has 6 heteroatoms. The highest BCUT2D eigenvalue weighted by atomic mass is 79.9. The molecule has 0 aromatic carbocycles. The minimum absolute atomic E-state index is 0.0564. The molecule has 0 atom stereocenters. The maximum absolute atomic E-state index is 12.4. The third-order valence-electron chi connectivity index (χ3n) is 1.39. The van der Waals surface area contributed by atoms with Gasteiger partial charge in [-0.3, -0.25) is 0 Å². The summed E-state index contributed by atoms with van der Waals surface area (Å²) in [5.74, 6) is 0. The minimum Gasteiger partial charge on any atom is -0.390 e. The lowest BCUT2D eigenvalue weighted by atomic mass is 10.2. The van der Waals surface area contributed by atoms with E-state index >= 15 is 0 Å². The van der Waals surface area contributed by atoms with E-state index in [2.05, 4.69) is 36.8 Å². The molecule has 0 spiro atoms. The van der Waals surface area contributed by atoms with Crippen LogP contribution < -0.4 is 0 Å². The summed E-state index contributed by atoms with van der Waals surface area (Å²) in [7, 11) is 0. The van der Waals surface area contributed by atoms with E-state index in [1.165, 1.54) is 6.07 Å². The van der Waals surface area contributed by atoms with Gasteiger partial charge in [-0.1, -0.05) is 15.9 Å². The smallest absolute Gasteiger partial charge is 0.267 e. The van der Waals surface area contributed by atoms with Crippen molar-refractivity contribution in [2.24, 2.45) is 0 Å². The molecule has 0 aliphatic carbocycles. The van der Waals surface area contributed by atoms with Crippen molar-refractivity contribution in [2.45, 2.75) is 13.0 Å². The Kier molecular flexibility index (Phi) is 3.75. The second-order valence-electron chi connectivity index (χ2n) is 2.26. The standard InChI is InChI=1S/C7H5Br2F2NO/c8-4-1-3(2-13)12-6(9)5(4)7(10)11/h1,7,13H,2H2. The highest BCUT2D eigenvalue weighted by Gasteiger charge is 2.17. The maximum atomic E-state index is 12.4. The fourth-order valence-corrected chi connectivity index (χ4v) is 2.32. The summed E-state index contributed by atoms with van der Waals surface area (Å²) in [6.07, 6.45) is -2.59. The van der Waals surface area contributed by atoms with Gasteiger partial charge in [0.1, 0.15) is 4.60 Å². The van der Waals surface area contributed by atoms with Crippen molar-refractivity contribution in [3.63, 3.8) is 0 Å². The number of pyridine rings is 1. The van der Waals surface area contributed by atoms with Gasteiger partial charge in [0.2, 0.25) is 0 Å². The zero-order valence-corrected chi connectivity index (χ0v) is 9.44. The summed E-state index contributed by atoms with van der Waals surface area (Å²) < 4.78 is 25.0. The zero-order chi connectivity index (χ0) is 10.0. The molecule has 0 aliphatic heterocycles. The number of nitrogens with zero attached hydrogens (tertiary/aromatic N) is 1. The van der Waals surface area contributed by atoms with Crippen LogP contribution >= 0.6 is 31.9 Å². The number of aliphatic hydroxyl groups excluding tert-OH is 1. The van der Waals surface area contributed by atoms with Crippen LogP contribution in [0.1, 0.15) is 17.7 Å². The first-order chi connectivity index (χ1) is 6.06. The van der Waals surface area contributed by atoms with Crippen molar-refractivity contribution >= 4 is 31.9 Å². The van der Waals surface area contributed by atoms with E-state index < -0.39 is 6.43 Å². The summed E-state index contributed by atoms with van der Waals surface area (Å²) in [5, 5.41) is 8.72. The number of hydrogen-bond acceptors (Lipinski definition) is 2. The Balaban J connectivity index is 3.23. The molecule has 1 heterocycles. The zero-order valence-electron chi connectivity index (χ0n) is 6.27. The third-order valence-corrected chi connectivity index (χ3v) is 2.66. The second kappa shape index (κ2) is 4.43. The van der Waals surface area contributed by atoms with E-state index in [1.807, 2.05) is 0 Å². The van der Waals surface area contributed by atoms with Crippen molar-refractivity contribution < 1.29 is 13.9 Å². The lowest BCUT2D eigenvalue weighted by molar-refractivity contribution is 0.149. The monoisotopic (exact) mass is 315 g/mol. The molecule has 0 fully saturated rings. The van der Waals surface area contributed by atoms with Gasteiger partial charge in [0, 0.05) is 4.47 Å². The topological polar surface area (TPSA) is 33.1 Å². The van der Waals surface area contributed by atoms with E-state index in [0.29, 0.717) is 5.69 Å². The number of rotatable bonds is 2. The van der Waals surface area contributed by atoms with Crippen molar-refractivity contribution in [3.8, 4) is 0 Å². The normalized spacial score (nSPS) is 10.9. The summed E-state index contributed by atoms with van der Waals surface area (Å²) in [5.41, 5.74) is 0.139. The molecule has 72 valence electrons. The average Bonchev–Trinajstić information content (AvgIpc) is 2.02. The largest absolute Gasteiger partial charge is 0.390 e. The number of halogens is 4. The SMILES string of the molecule is OCc1cc(Br)c(C(F)F)c(Br)n1. The molecule has 0 amide bonds. The van der Waals surface area contributed by atoms with Gasteiger partial charge in [-0.25, -0.2) is 13.8 Å². The quantitative estimate of drug-likeness (QED) is 0.851. The van der Waals surface area contributed by atoms with Gasteiger partial charge in [-0.2, -0.15) is 0 Å². The van der Waals surface area contributed by atoms with Crippen LogP contribution in [0, 0.1) is 0 Å². The molecule has 1 rings (SSSR count). The summed E-state index contributed by atoms with van der Waals surface area (Å²) in [6.45, 7) is -0.277. The molecular formula is C7H5Br2F2NO. The number of hydrogen-bond donors (Lipinski definition) is 1. The van der Waals surface area contributed by atoms with Crippen molar-refractivity contribution in [1.29, 1.82) is 0 Å². The molecular weight excluding hydrogens is 312 g/mol. The van der Waals surface area contributed by atoms with E-state index in [1.54, 1.807) is 0 Å². The first kappa shape index (κ1) is 11.0. The fraction of sp³-hybridized carbons (Fsp3) is 0.286. The van der Waals surface area contributed by atoms with Gasteiger partial charge >= 0.3 is 0 Å². The first-order valence-electron chi connectivity index (χ1n) is 3.30. The number of aromatic nitrogens is 1. The molecule has 13 heavy (non-hydrogen) atoms. The molecule has 0 unspecified atom stereocenters. The molecule has 0 bridgehead atoms. The van der Waals surface area contributed by atoms with E-state index in [4.69, 9.17) is 5.11 Å². The molecule has 1 N–H and O–H groups in total. The van der Waals surface area contributed by atoms with Crippen LogP contribution in [0.2, 0.25) is 0 Å². The van der Waals surface area contributed by atoms with Gasteiger partial charge < -0.3 is 5.11 Å². The van der Waals surface area contributed by atoms with E-state index in [-0.39, 0.29) is 21.2 Å². The molecule has 1 aromatic heterocycles. The highest BCUT2D eigenvalue weighted by Crippen LogP contribution is 2.33. The predicted octanol–water partition coefficient (Wildman–Crippen LogP) is 3.04. The molecule has 0 saturated heterocycles. The Labute approximate surface area is 90.2 Å². The van der Waals surface area contributed by atoms with Crippen LogP contribution in [0.25, 0.3) is 0 Å². The van der Waals surface area contributed by atoms with Crippen LogP contribution in [0.5, 0.6) is 0 Å².